The minimum Gasteiger partial charge on any atom is -0.454 e. The summed E-state index contributed by atoms with van der Waals surface area (Å²) in [5, 5.41) is 4.24. The second-order valence-electron chi connectivity index (χ2n) is 4.49. The number of nitrogens with zero attached hydrogens (tertiary/aromatic N) is 2. The van der Waals surface area contributed by atoms with Crippen LogP contribution in [0.25, 0.3) is 11.1 Å². The highest BCUT2D eigenvalue weighted by Crippen LogP contribution is 2.40. The van der Waals surface area contributed by atoms with Gasteiger partial charge in [-0.3, -0.25) is 4.68 Å². The maximum absolute atomic E-state index is 5.98. The molecular weight excluding hydrogens is 230 g/mol. The fraction of sp³-hybridized carbons (Fsp3) is 0.308. The highest BCUT2D eigenvalue weighted by molar-refractivity contribution is 5.80. The van der Waals surface area contributed by atoms with Gasteiger partial charge in [-0.15, -0.1) is 0 Å². The molecule has 0 radical (unpaired) electrons. The number of aromatic nitrogens is 2. The summed E-state index contributed by atoms with van der Waals surface area (Å²) in [6.07, 6.45) is 0. The van der Waals surface area contributed by atoms with E-state index in [1.165, 1.54) is 0 Å². The van der Waals surface area contributed by atoms with Crippen molar-refractivity contribution in [3.05, 3.63) is 23.4 Å². The predicted octanol–water partition coefficient (Wildman–Crippen LogP) is 2.01. The lowest BCUT2D eigenvalue weighted by Crippen LogP contribution is -1.93. The molecule has 2 aromatic rings. The van der Waals surface area contributed by atoms with Crippen LogP contribution in [0.5, 0.6) is 11.5 Å². The molecule has 2 heterocycles. The third kappa shape index (κ3) is 1.44. The Hall–Kier alpha value is -2.17. The molecule has 0 bridgehead atoms. The van der Waals surface area contributed by atoms with Crippen LogP contribution in [0.1, 0.15) is 11.3 Å². The first-order valence-electron chi connectivity index (χ1n) is 5.77. The van der Waals surface area contributed by atoms with Crippen LogP contribution in [0.15, 0.2) is 12.1 Å². The van der Waals surface area contributed by atoms with Gasteiger partial charge >= 0.3 is 0 Å². The molecule has 1 aliphatic rings. The van der Waals surface area contributed by atoms with Crippen LogP contribution < -0.4 is 15.2 Å². The molecular formula is C13H15N3O2. The number of benzene rings is 1. The number of nitrogens with two attached hydrogens (primary N) is 1. The van der Waals surface area contributed by atoms with E-state index in [2.05, 4.69) is 5.10 Å². The lowest BCUT2D eigenvalue weighted by Gasteiger charge is -2.08. The molecule has 5 nitrogen and oxygen atoms in total. The lowest BCUT2D eigenvalue weighted by molar-refractivity contribution is 0.174. The first kappa shape index (κ1) is 11.0. The van der Waals surface area contributed by atoms with E-state index in [0.29, 0.717) is 5.82 Å². The minimum atomic E-state index is 0.278. The summed E-state index contributed by atoms with van der Waals surface area (Å²) in [7, 11) is 1.89. The number of hydrogen-bond donors (Lipinski definition) is 1. The Morgan fingerprint density at radius 2 is 1.89 bits per heavy atom. The van der Waals surface area contributed by atoms with E-state index in [1.807, 2.05) is 33.0 Å². The molecule has 0 amide bonds. The molecule has 0 atom stereocenters. The Balaban J connectivity index is 2.23. The van der Waals surface area contributed by atoms with Crippen LogP contribution in [0.4, 0.5) is 5.82 Å². The van der Waals surface area contributed by atoms with Crippen molar-refractivity contribution in [2.24, 2.45) is 7.05 Å². The topological polar surface area (TPSA) is 62.3 Å². The molecule has 94 valence electrons. The third-order valence-corrected chi connectivity index (χ3v) is 3.35. The zero-order valence-electron chi connectivity index (χ0n) is 10.7. The number of fused-ring (bicyclic) bond motifs is 1. The van der Waals surface area contributed by atoms with Gasteiger partial charge in [0.1, 0.15) is 0 Å². The van der Waals surface area contributed by atoms with E-state index in [1.54, 1.807) is 4.68 Å². The molecule has 0 spiro atoms. The second-order valence-corrected chi connectivity index (χ2v) is 4.49. The van der Waals surface area contributed by atoms with Gasteiger partial charge in [0.2, 0.25) is 6.79 Å². The number of nitrogen functional groups attached to an aromatic ring is 1. The maximum atomic E-state index is 5.98. The number of anilines is 1. The average Bonchev–Trinajstić information content (AvgIpc) is 2.84. The van der Waals surface area contributed by atoms with Gasteiger partial charge in [0.05, 0.1) is 0 Å². The van der Waals surface area contributed by atoms with Gasteiger partial charge in [0.15, 0.2) is 17.3 Å². The molecule has 0 saturated carbocycles. The maximum Gasteiger partial charge on any atom is 0.231 e. The molecule has 2 N–H and O–H groups in total. The SMILES string of the molecule is Cc1cc2c(cc1-c1c(N)nn(C)c1C)OCO2. The van der Waals surface area contributed by atoms with Crippen LogP contribution in [0.2, 0.25) is 0 Å². The molecule has 3 rings (SSSR count). The van der Waals surface area contributed by atoms with E-state index in [4.69, 9.17) is 15.2 Å². The van der Waals surface area contributed by atoms with E-state index in [-0.39, 0.29) is 6.79 Å². The Morgan fingerprint density at radius 3 is 2.50 bits per heavy atom. The van der Waals surface area contributed by atoms with Crippen LogP contribution in [-0.2, 0) is 7.05 Å². The van der Waals surface area contributed by atoms with Crippen molar-refractivity contribution in [2.75, 3.05) is 12.5 Å². The molecule has 5 heteroatoms. The summed E-state index contributed by atoms with van der Waals surface area (Å²) in [6, 6.07) is 3.95. The van der Waals surface area contributed by atoms with Crippen molar-refractivity contribution in [3.8, 4) is 22.6 Å². The molecule has 1 aromatic heterocycles. The summed E-state index contributed by atoms with van der Waals surface area (Å²) in [5.74, 6) is 2.09. The van der Waals surface area contributed by atoms with Crippen molar-refractivity contribution < 1.29 is 9.47 Å². The minimum absolute atomic E-state index is 0.278. The predicted molar refractivity (Wildman–Crippen MR) is 68.7 cm³/mol. The fourth-order valence-electron chi connectivity index (χ4n) is 2.28. The summed E-state index contributed by atoms with van der Waals surface area (Å²) in [4.78, 5) is 0. The van der Waals surface area contributed by atoms with Crippen molar-refractivity contribution in [3.63, 3.8) is 0 Å². The zero-order valence-corrected chi connectivity index (χ0v) is 10.7. The fourth-order valence-corrected chi connectivity index (χ4v) is 2.28. The summed E-state index contributed by atoms with van der Waals surface area (Å²) in [6.45, 7) is 4.31. The molecule has 0 unspecified atom stereocenters. The Bertz CT molecular complexity index is 632. The van der Waals surface area contributed by atoms with Gasteiger partial charge in [0.25, 0.3) is 0 Å². The largest absolute Gasteiger partial charge is 0.454 e. The van der Waals surface area contributed by atoms with Crippen molar-refractivity contribution in [1.82, 2.24) is 9.78 Å². The van der Waals surface area contributed by atoms with Crippen molar-refractivity contribution in [1.29, 1.82) is 0 Å². The first-order valence-corrected chi connectivity index (χ1v) is 5.77. The van der Waals surface area contributed by atoms with E-state index < -0.39 is 0 Å². The van der Waals surface area contributed by atoms with Gasteiger partial charge in [-0.2, -0.15) is 5.10 Å². The molecule has 0 fully saturated rings. The number of rotatable bonds is 1. The molecule has 1 aliphatic heterocycles. The van der Waals surface area contributed by atoms with Gasteiger partial charge in [-0.05, 0) is 37.1 Å². The molecule has 18 heavy (non-hydrogen) atoms. The van der Waals surface area contributed by atoms with Gasteiger partial charge < -0.3 is 15.2 Å². The second kappa shape index (κ2) is 3.66. The van der Waals surface area contributed by atoms with Crippen LogP contribution in [0, 0.1) is 13.8 Å². The smallest absolute Gasteiger partial charge is 0.231 e. The number of ether oxygens (including phenoxy) is 2. The summed E-state index contributed by atoms with van der Waals surface area (Å²) >= 11 is 0. The first-order chi connectivity index (χ1) is 8.58. The summed E-state index contributed by atoms with van der Waals surface area (Å²) in [5.41, 5.74) is 10.1. The summed E-state index contributed by atoms with van der Waals surface area (Å²) < 4.78 is 12.6. The van der Waals surface area contributed by atoms with Crippen molar-refractivity contribution in [2.45, 2.75) is 13.8 Å². The van der Waals surface area contributed by atoms with Gasteiger partial charge in [0, 0.05) is 18.3 Å². The molecule has 0 saturated heterocycles. The number of aryl methyl sites for hydroxylation is 2. The van der Waals surface area contributed by atoms with E-state index >= 15 is 0 Å². The van der Waals surface area contributed by atoms with Gasteiger partial charge in [-0.1, -0.05) is 0 Å². The monoisotopic (exact) mass is 245 g/mol. The Labute approximate surface area is 105 Å². The zero-order chi connectivity index (χ0) is 12.9. The standard InChI is InChI=1S/C13H15N3O2/c1-7-4-10-11(18-6-17-10)5-9(7)12-8(2)16(3)15-13(12)14/h4-5H,6H2,1-3H3,(H2,14,15). The van der Waals surface area contributed by atoms with Crippen LogP contribution >= 0.6 is 0 Å². The lowest BCUT2D eigenvalue weighted by atomic mass is 9.99. The van der Waals surface area contributed by atoms with Crippen LogP contribution in [0.3, 0.4) is 0 Å². The highest BCUT2D eigenvalue weighted by Gasteiger charge is 2.20. The Morgan fingerprint density at radius 1 is 1.22 bits per heavy atom. The average molecular weight is 245 g/mol. The normalized spacial score (nSPS) is 13.1. The number of hydrogen-bond acceptors (Lipinski definition) is 4. The van der Waals surface area contributed by atoms with E-state index in [9.17, 15) is 0 Å². The van der Waals surface area contributed by atoms with Gasteiger partial charge in [-0.25, -0.2) is 0 Å². The Kier molecular flexibility index (Phi) is 2.23. The van der Waals surface area contributed by atoms with Crippen LogP contribution in [-0.4, -0.2) is 16.6 Å². The van der Waals surface area contributed by atoms with Crippen molar-refractivity contribution >= 4 is 5.82 Å². The quantitative estimate of drug-likeness (QED) is 0.834. The third-order valence-electron chi connectivity index (χ3n) is 3.35. The van der Waals surface area contributed by atoms with E-state index in [0.717, 1.165) is 33.9 Å². The molecule has 1 aromatic carbocycles. The molecule has 0 aliphatic carbocycles. The highest BCUT2D eigenvalue weighted by atomic mass is 16.7.